The molecule has 3 aromatic carbocycles. The van der Waals surface area contributed by atoms with Crippen molar-refractivity contribution in [3.63, 3.8) is 0 Å². The Morgan fingerprint density at radius 3 is 2.34 bits per heavy atom. The van der Waals surface area contributed by atoms with Crippen molar-refractivity contribution in [3.05, 3.63) is 84.4 Å². The maximum absolute atomic E-state index is 12.7. The van der Waals surface area contributed by atoms with E-state index < -0.39 is 0 Å². The van der Waals surface area contributed by atoms with Crippen molar-refractivity contribution in [3.8, 4) is 5.75 Å². The Morgan fingerprint density at radius 2 is 1.66 bits per heavy atom. The van der Waals surface area contributed by atoms with Gasteiger partial charge in [0.25, 0.3) is 5.91 Å². The first-order chi connectivity index (χ1) is 15.5. The molecule has 0 radical (unpaired) electrons. The highest BCUT2D eigenvalue weighted by Crippen LogP contribution is 2.19. The molecular weight excluding hydrogens is 402 g/mol. The van der Waals surface area contributed by atoms with Crippen molar-refractivity contribution in [2.24, 2.45) is 0 Å². The Kier molecular flexibility index (Phi) is 7.86. The predicted molar refractivity (Wildman–Crippen MR) is 130 cm³/mol. The number of ether oxygens (including phenoxy) is 1. The fourth-order valence-electron chi connectivity index (χ4n) is 3.04. The Hall–Kier alpha value is -3.80. The topological polar surface area (TPSA) is 70.7 Å². The minimum absolute atomic E-state index is 0.115. The molecule has 0 fully saturated rings. The van der Waals surface area contributed by atoms with E-state index in [4.69, 9.17) is 4.74 Å². The molecule has 0 aliphatic carbocycles. The molecule has 0 aromatic heterocycles. The Bertz CT molecular complexity index is 1040. The van der Waals surface area contributed by atoms with Gasteiger partial charge in [0.2, 0.25) is 5.91 Å². The zero-order valence-corrected chi connectivity index (χ0v) is 18.7. The van der Waals surface area contributed by atoms with Gasteiger partial charge in [0, 0.05) is 35.7 Å². The number of anilines is 3. The molecule has 32 heavy (non-hydrogen) atoms. The number of carbonyl (C=O) groups is 2. The van der Waals surface area contributed by atoms with Crippen molar-refractivity contribution in [2.45, 2.75) is 26.4 Å². The summed E-state index contributed by atoms with van der Waals surface area (Å²) < 4.78 is 5.81. The lowest BCUT2D eigenvalue weighted by Crippen LogP contribution is -2.26. The lowest BCUT2D eigenvalue weighted by Gasteiger charge is -2.17. The van der Waals surface area contributed by atoms with E-state index in [1.807, 2.05) is 61.5 Å². The molecule has 0 saturated heterocycles. The molecule has 3 rings (SSSR count). The van der Waals surface area contributed by atoms with E-state index in [2.05, 4.69) is 17.6 Å². The summed E-state index contributed by atoms with van der Waals surface area (Å²) in [6.07, 6.45) is 1.06. The summed E-state index contributed by atoms with van der Waals surface area (Å²) in [6.45, 7) is 4.21. The van der Waals surface area contributed by atoms with Crippen LogP contribution in [0, 0.1) is 0 Å². The third-order valence-electron chi connectivity index (χ3n) is 5.06. The van der Waals surface area contributed by atoms with Gasteiger partial charge in [0.05, 0.1) is 12.6 Å². The smallest absolute Gasteiger partial charge is 0.258 e. The maximum atomic E-state index is 12.7. The minimum atomic E-state index is -0.182. The summed E-state index contributed by atoms with van der Waals surface area (Å²) >= 11 is 0. The van der Waals surface area contributed by atoms with Crippen LogP contribution < -0.4 is 20.3 Å². The first kappa shape index (κ1) is 22.9. The molecule has 0 aliphatic rings. The van der Waals surface area contributed by atoms with E-state index >= 15 is 0 Å². The number of rotatable bonds is 9. The Morgan fingerprint density at radius 1 is 0.938 bits per heavy atom. The van der Waals surface area contributed by atoms with Crippen LogP contribution in [0.5, 0.6) is 5.75 Å². The molecule has 3 aromatic rings. The SMILES string of the molecule is CCC(C)Oc1cccc(NCC(=O)Nc2ccc(C(=O)N(C)c3ccccc3)cc2)c1. The summed E-state index contributed by atoms with van der Waals surface area (Å²) in [5.41, 5.74) is 2.81. The molecule has 6 heteroatoms. The van der Waals surface area contributed by atoms with E-state index in [0.29, 0.717) is 11.3 Å². The average molecular weight is 432 g/mol. The van der Waals surface area contributed by atoms with Crippen LogP contribution in [0.25, 0.3) is 0 Å². The third kappa shape index (κ3) is 6.35. The van der Waals surface area contributed by atoms with Gasteiger partial charge in [-0.2, -0.15) is 0 Å². The Balaban J connectivity index is 1.53. The van der Waals surface area contributed by atoms with Crippen LogP contribution >= 0.6 is 0 Å². The van der Waals surface area contributed by atoms with Gasteiger partial charge in [0.1, 0.15) is 5.75 Å². The van der Waals surface area contributed by atoms with Crippen LogP contribution in [0.1, 0.15) is 30.6 Å². The lowest BCUT2D eigenvalue weighted by molar-refractivity contribution is -0.114. The molecule has 1 unspecified atom stereocenters. The quantitative estimate of drug-likeness (QED) is 0.489. The predicted octanol–water partition coefficient (Wildman–Crippen LogP) is 5.19. The average Bonchev–Trinajstić information content (AvgIpc) is 2.83. The van der Waals surface area contributed by atoms with Crippen LogP contribution in [-0.2, 0) is 4.79 Å². The number of para-hydroxylation sites is 1. The van der Waals surface area contributed by atoms with Gasteiger partial charge in [-0.1, -0.05) is 31.2 Å². The highest BCUT2D eigenvalue weighted by molar-refractivity contribution is 6.06. The minimum Gasteiger partial charge on any atom is -0.491 e. The number of nitrogens with one attached hydrogen (secondary N) is 2. The Labute approximate surface area is 189 Å². The molecule has 1 atom stereocenters. The van der Waals surface area contributed by atoms with E-state index in [-0.39, 0.29) is 24.5 Å². The first-order valence-electron chi connectivity index (χ1n) is 10.7. The van der Waals surface area contributed by atoms with Gasteiger partial charge in [-0.3, -0.25) is 9.59 Å². The van der Waals surface area contributed by atoms with Crippen molar-refractivity contribution in [1.82, 2.24) is 0 Å². The fourth-order valence-corrected chi connectivity index (χ4v) is 3.04. The summed E-state index contributed by atoms with van der Waals surface area (Å²) in [7, 11) is 1.74. The zero-order valence-electron chi connectivity index (χ0n) is 18.7. The van der Waals surface area contributed by atoms with Crippen molar-refractivity contribution >= 4 is 28.9 Å². The van der Waals surface area contributed by atoms with E-state index in [0.717, 1.165) is 23.5 Å². The van der Waals surface area contributed by atoms with Crippen LogP contribution in [0.2, 0.25) is 0 Å². The second-order valence-electron chi connectivity index (χ2n) is 7.54. The van der Waals surface area contributed by atoms with E-state index in [1.54, 1.807) is 36.2 Å². The van der Waals surface area contributed by atoms with Gasteiger partial charge in [-0.05, 0) is 61.9 Å². The summed E-state index contributed by atoms with van der Waals surface area (Å²) in [5, 5.41) is 5.94. The summed E-state index contributed by atoms with van der Waals surface area (Å²) in [5.74, 6) is 0.472. The molecule has 2 amide bonds. The molecule has 0 spiro atoms. The highest BCUT2D eigenvalue weighted by atomic mass is 16.5. The number of hydrogen-bond donors (Lipinski definition) is 2. The van der Waals surface area contributed by atoms with Crippen LogP contribution in [-0.4, -0.2) is 31.5 Å². The van der Waals surface area contributed by atoms with Gasteiger partial charge < -0.3 is 20.3 Å². The number of benzene rings is 3. The van der Waals surface area contributed by atoms with E-state index in [1.165, 1.54) is 0 Å². The standard InChI is InChI=1S/C26H29N3O3/c1-4-19(2)32-24-12-8-9-22(17-24)27-18-25(30)28-21-15-13-20(14-16-21)26(31)29(3)23-10-6-5-7-11-23/h5-17,19,27H,4,18H2,1-3H3,(H,28,30). The molecule has 6 nitrogen and oxygen atoms in total. The van der Waals surface area contributed by atoms with Gasteiger partial charge >= 0.3 is 0 Å². The van der Waals surface area contributed by atoms with Crippen molar-refractivity contribution in [1.29, 1.82) is 0 Å². The summed E-state index contributed by atoms with van der Waals surface area (Å²) in [4.78, 5) is 26.6. The zero-order chi connectivity index (χ0) is 22.9. The molecule has 166 valence electrons. The number of amides is 2. The van der Waals surface area contributed by atoms with Crippen molar-refractivity contribution < 1.29 is 14.3 Å². The second-order valence-corrected chi connectivity index (χ2v) is 7.54. The normalized spacial score (nSPS) is 11.3. The van der Waals surface area contributed by atoms with Gasteiger partial charge in [-0.25, -0.2) is 0 Å². The van der Waals surface area contributed by atoms with Crippen molar-refractivity contribution in [2.75, 3.05) is 29.1 Å². The summed E-state index contributed by atoms with van der Waals surface area (Å²) in [6, 6.07) is 23.9. The molecule has 0 bridgehead atoms. The molecule has 0 saturated carbocycles. The number of carbonyl (C=O) groups excluding carboxylic acids is 2. The number of hydrogen-bond acceptors (Lipinski definition) is 4. The van der Waals surface area contributed by atoms with Gasteiger partial charge in [0.15, 0.2) is 0 Å². The van der Waals surface area contributed by atoms with Gasteiger partial charge in [-0.15, -0.1) is 0 Å². The highest BCUT2D eigenvalue weighted by Gasteiger charge is 2.13. The maximum Gasteiger partial charge on any atom is 0.258 e. The third-order valence-corrected chi connectivity index (χ3v) is 5.06. The fraction of sp³-hybridized carbons (Fsp3) is 0.231. The van der Waals surface area contributed by atoms with E-state index in [9.17, 15) is 9.59 Å². The largest absolute Gasteiger partial charge is 0.491 e. The first-order valence-corrected chi connectivity index (χ1v) is 10.7. The van der Waals surface area contributed by atoms with Crippen LogP contribution in [0.15, 0.2) is 78.9 Å². The molecule has 0 heterocycles. The molecular formula is C26H29N3O3. The molecule has 0 aliphatic heterocycles. The monoisotopic (exact) mass is 431 g/mol. The molecule has 2 N–H and O–H groups in total. The number of nitrogens with zero attached hydrogens (tertiary/aromatic N) is 1. The lowest BCUT2D eigenvalue weighted by atomic mass is 10.1. The van der Waals surface area contributed by atoms with Crippen LogP contribution in [0.4, 0.5) is 17.1 Å². The van der Waals surface area contributed by atoms with Crippen LogP contribution in [0.3, 0.4) is 0 Å². The second kappa shape index (κ2) is 11.0.